The molecule has 1 atom stereocenters. The lowest BCUT2D eigenvalue weighted by atomic mass is 10.0. The molecule has 1 aromatic rings. The van der Waals surface area contributed by atoms with Gasteiger partial charge < -0.3 is 10.6 Å². The zero-order chi connectivity index (χ0) is 13.7. The fourth-order valence-electron chi connectivity index (χ4n) is 2.59. The molecule has 1 aliphatic heterocycles. The minimum absolute atomic E-state index is 0.0272. The quantitative estimate of drug-likeness (QED) is 0.869. The maximum absolute atomic E-state index is 11.0. The standard InChI is InChI=1S/C15H23N3O/c1-12(19)17-14-7-5-13(6-8-14)10-18-9-3-4-15(11-18)16-2/h5-8,15-16H,3-4,9-11H2,1-2H3,(H,17,19). The summed E-state index contributed by atoms with van der Waals surface area (Å²) in [6.45, 7) is 4.80. The monoisotopic (exact) mass is 261 g/mol. The molecule has 1 amide bonds. The van der Waals surface area contributed by atoms with Crippen LogP contribution in [-0.4, -0.2) is 37.0 Å². The minimum Gasteiger partial charge on any atom is -0.326 e. The summed E-state index contributed by atoms with van der Waals surface area (Å²) in [5.41, 5.74) is 2.16. The number of carbonyl (C=O) groups is 1. The number of likely N-dealkylation sites (tertiary alicyclic amines) is 1. The highest BCUT2D eigenvalue weighted by Crippen LogP contribution is 2.15. The Morgan fingerprint density at radius 2 is 2.11 bits per heavy atom. The van der Waals surface area contributed by atoms with Gasteiger partial charge in [0.15, 0.2) is 0 Å². The number of carbonyl (C=O) groups excluding carboxylic acids is 1. The van der Waals surface area contributed by atoms with E-state index in [1.807, 2.05) is 19.2 Å². The average molecular weight is 261 g/mol. The molecule has 1 aromatic carbocycles. The number of hydrogen-bond donors (Lipinski definition) is 2. The Kier molecular flexibility index (Phi) is 4.93. The molecule has 19 heavy (non-hydrogen) atoms. The van der Waals surface area contributed by atoms with Crippen molar-refractivity contribution in [1.29, 1.82) is 0 Å². The third-order valence-electron chi connectivity index (χ3n) is 3.59. The van der Waals surface area contributed by atoms with Crippen molar-refractivity contribution in [2.45, 2.75) is 32.4 Å². The van der Waals surface area contributed by atoms with Crippen molar-refractivity contribution in [1.82, 2.24) is 10.2 Å². The number of nitrogens with one attached hydrogen (secondary N) is 2. The van der Waals surface area contributed by atoms with Crippen LogP contribution in [0.15, 0.2) is 24.3 Å². The number of amides is 1. The molecule has 1 heterocycles. The van der Waals surface area contributed by atoms with Gasteiger partial charge in [-0.15, -0.1) is 0 Å². The third kappa shape index (κ3) is 4.33. The lowest BCUT2D eigenvalue weighted by Gasteiger charge is -2.32. The second-order valence-corrected chi connectivity index (χ2v) is 5.24. The first-order valence-corrected chi connectivity index (χ1v) is 6.93. The van der Waals surface area contributed by atoms with Crippen LogP contribution in [0.25, 0.3) is 0 Å². The van der Waals surface area contributed by atoms with Crippen LogP contribution >= 0.6 is 0 Å². The molecule has 1 fully saturated rings. The maximum Gasteiger partial charge on any atom is 0.221 e. The van der Waals surface area contributed by atoms with E-state index in [0.29, 0.717) is 6.04 Å². The summed E-state index contributed by atoms with van der Waals surface area (Å²) in [6.07, 6.45) is 2.53. The molecule has 4 heteroatoms. The molecule has 0 bridgehead atoms. The van der Waals surface area contributed by atoms with Crippen molar-refractivity contribution in [2.75, 3.05) is 25.5 Å². The Morgan fingerprint density at radius 1 is 1.37 bits per heavy atom. The Morgan fingerprint density at radius 3 is 2.74 bits per heavy atom. The first-order chi connectivity index (χ1) is 9.17. The van der Waals surface area contributed by atoms with Crippen molar-refractivity contribution in [2.24, 2.45) is 0 Å². The molecule has 0 aromatic heterocycles. The number of piperidine rings is 1. The Balaban J connectivity index is 1.90. The highest BCUT2D eigenvalue weighted by Gasteiger charge is 2.18. The van der Waals surface area contributed by atoms with Crippen molar-refractivity contribution in [3.05, 3.63) is 29.8 Å². The molecular weight excluding hydrogens is 238 g/mol. The maximum atomic E-state index is 11.0. The van der Waals surface area contributed by atoms with Gasteiger partial charge in [-0.2, -0.15) is 0 Å². The highest BCUT2D eigenvalue weighted by molar-refractivity contribution is 5.88. The lowest BCUT2D eigenvalue weighted by molar-refractivity contribution is -0.114. The van der Waals surface area contributed by atoms with Crippen LogP contribution in [0.2, 0.25) is 0 Å². The largest absolute Gasteiger partial charge is 0.326 e. The summed E-state index contributed by atoms with van der Waals surface area (Å²) in [7, 11) is 2.04. The second kappa shape index (κ2) is 6.68. The Hall–Kier alpha value is -1.39. The molecule has 104 valence electrons. The SMILES string of the molecule is CNC1CCCN(Cc2ccc(NC(C)=O)cc2)C1. The molecule has 1 saturated heterocycles. The lowest BCUT2D eigenvalue weighted by Crippen LogP contribution is -2.43. The third-order valence-corrected chi connectivity index (χ3v) is 3.59. The van der Waals surface area contributed by atoms with Crippen LogP contribution in [0.3, 0.4) is 0 Å². The summed E-state index contributed by atoms with van der Waals surface area (Å²) in [5.74, 6) is -0.0272. The van der Waals surface area contributed by atoms with Gasteiger partial charge in [0.1, 0.15) is 0 Å². The van der Waals surface area contributed by atoms with Crippen molar-refractivity contribution in [3.8, 4) is 0 Å². The highest BCUT2D eigenvalue weighted by atomic mass is 16.1. The van der Waals surface area contributed by atoms with Gasteiger partial charge in [-0.1, -0.05) is 12.1 Å². The predicted molar refractivity (Wildman–Crippen MR) is 78.1 cm³/mol. The van der Waals surface area contributed by atoms with E-state index in [4.69, 9.17) is 0 Å². The van der Waals surface area contributed by atoms with Gasteiger partial charge in [-0.25, -0.2) is 0 Å². The van der Waals surface area contributed by atoms with Gasteiger partial charge >= 0.3 is 0 Å². The second-order valence-electron chi connectivity index (χ2n) is 5.24. The Bertz CT molecular complexity index is 416. The van der Waals surface area contributed by atoms with Crippen LogP contribution in [-0.2, 0) is 11.3 Å². The van der Waals surface area contributed by atoms with Crippen LogP contribution in [0, 0.1) is 0 Å². The van der Waals surface area contributed by atoms with Crippen molar-refractivity contribution >= 4 is 11.6 Å². The van der Waals surface area contributed by atoms with Gasteiger partial charge in [-0.05, 0) is 44.1 Å². The number of anilines is 1. The molecule has 2 N–H and O–H groups in total. The van der Waals surface area contributed by atoms with E-state index >= 15 is 0 Å². The summed E-state index contributed by atoms with van der Waals surface area (Å²) in [4.78, 5) is 13.4. The number of benzene rings is 1. The summed E-state index contributed by atoms with van der Waals surface area (Å²) in [6, 6.07) is 8.74. The molecule has 1 aliphatic rings. The van der Waals surface area contributed by atoms with Gasteiger partial charge in [0.2, 0.25) is 5.91 Å². The number of hydrogen-bond acceptors (Lipinski definition) is 3. The van der Waals surface area contributed by atoms with Gasteiger partial charge in [0.25, 0.3) is 0 Å². The molecular formula is C15H23N3O. The Labute approximate surface area is 115 Å². The fraction of sp³-hybridized carbons (Fsp3) is 0.533. The van der Waals surface area contributed by atoms with Gasteiger partial charge in [0, 0.05) is 31.7 Å². The van der Waals surface area contributed by atoms with Gasteiger partial charge in [0.05, 0.1) is 0 Å². The number of nitrogens with zero attached hydrogens (tertiary/aromatic N) is 1. The zero-order valence-electron chi connectivity index (χ0n) is 11.8. The molecule has 0 aliphatic carbocycles. The average Bonchev–Trinajstić information content (AvgIpc) is 2.41. The molecule has 0 saturated carbocycles. The number of rotatable bonds is 4. The number of likely N-dealkylation sites (N-methyl/N-ethyl adjacent to an activating group) is 1. The van der Waals surface area contributed by atoms with E-state index in [2.05, 4.69) is 27.7 Å². The molecule has 0 radical (unpaired) electrons. The minimum atomic E-state index is -0.0272. The molecule has 4 nitrogen and oxygen atoms in total. The van der Waals surface area contributed by atoms with E-state index in [1.54, 1.807) is 0 Å². The van der Waals surface area contributed by atoms with Crippen LogP contribution in [0.1, 0.15) is 25.3 Å². The van der Waals surface area contributed by atoms with Crippen LogP contribution < -0.4 is 10.6 Å². The van der Waals surface area contributed by atoms with Crippen molar-refractivity contribution in [3.63, 3.8) is 0 Å². The zero-order valence-corrected chi connectivity index (χ0v) is 11.8. The summed E-state index contributed by atoms with van der Waals surface area (Å²) < 4.78 is 0. The van der Waals surface area contributed by atoms with Crippen LogP contribution in [0.4, 0.5) is 5.69 Å². The van der Waals surface area contributed by atoms with Crippen molar-refractivity contribution < 1.29 is 4.79 Å². The summed E-state index contributed by atoms with van der Waals surface area (Å²) >= 11 is 0. The predicted octanol–water partition coefficient (Wildman–Crippen LogP) is 1.83. The summed E-state index contributed by atoms with van der Waals surface area (Å²) in [5, 5.41) is 6.15. The smallest absolute Gasteiger partial charge is 0.221 e. The van der Waals surface area contributed by atoms with Gasteiger partial charge in [-0.3, -0.25) is 9.69 Å². The first kappa shape index (κ1) is 14.0. The van der Waals surface area contributed by atoms with E-state index < -0.39 is 0 Å². The topological polar surface area (TPSA) is 44.4 Å². The van der Waals surface area contributed by atoms with E-state index in [9.17, 15) is 4.79 Å². The first-order valence-electron chi connectivity index (χ1n) is 6.93. The molecule has 0 spiro atoms. The normalized spacial score (nSPS) is 20.2. The fourth-order valence-corrected chi connectivity index (χ4v) is 2.59. The van der Waals surface area contributed by atoms with E-state index in [-0.39, 0.29) is 5.91 Å². The van der Waals surface area contributed by atoms with E-state index in [1.165, 1.54) is 31.9 Å². The van der Waals surface area contributed by atoms with E-state index in [0.717, 1.165) is 18.8 Å². The molecule has 2 rings (SSSR count). The van der Waals surface area contributed by atoms with Crippen LogP contribution in [0.5, 0.6) is 0 Å². The molecule has 1 unspecified atom stereocenters.